The van der Waals surface area contributed by atoms with Gasteiger partial charge in [0.1, 0.15) is 5.54 Å². The number of rotatable bonds is 9. The van der Waals surface area contributed by atoms with Crippen LogP contribution in [-0.4, -0.2) is 47.7 Å². The van der Waals surface area contributed by atoms with Crippen molar-refractivity contribution < 1.29 is 9.90 Å². The molecule has 0 radical (unpaired) electrons. The Morgan fingerprint density at radius 3 is 2.67 bits per heavy atom. The molecule has 1 heterocycles. The van der Waals surface area contributed by atoms with Crippen molar-refractivity contribution in [1.29, 1.82) is 0 Å². The predicted molar refractivity (Wildman–Crippen MR) is 87.6 cm³/mol. The number of likely N-dealkylation sites (N-methyl/N-ethyl adjacent to an activating group) is 1. The van der Waals surface area contributed by atoms with Gasteiger partial charge >= 0.3 is 5.97 Å². The lowest BCUT2D eigenvalue weighted by atomic mass is 9.95. The van der Waals surface area contributed by atoms with Crippen LogP contribution in [0.5, 0.6) is 0 Å². The molecule has 124 valence electrons. The molecule has 4 nitrogen and oxygen atoms in total. The van der Waals surface area contributed by atoms with E-state index in [2.05, 4.69) is 17.1 Å². The van der Waals surface area contributed by atoms with E-state index in [4.69, 9.17) is 0 Å². The molecule has 0 aromatic rings. The maximum atomic E-state index is 11.3. The largest absolute Gasteiger partial charge is 0.480 e. The van der Waals surface area contributed by atoms with Crippen molar-refractivity contribution in [2.45, 2.75) is 71.3 Å². The molecule has 1 rings (SSSR count). The van der Waals surface area contributed by atoms with Gasteiger partial charge < -0.3 is 15.3 Å². The maximum Gasteiger partial charge on any atom is 0.323 e. The number of carbonyl (C=O) groups is 1. The van der Waals surface area contributed by atoms with Crippen molar-refractivity contribution in [1.82, 2.24) is 10.2 Å². The van der Waals surface area contributed by atoms with Crippen molar-refractivity contribution in [3.8, 4) is 0 Å². The first-order chi connectivity index (χ1) is 10.0. The Labute approximate surface area is 130 Å². The molecule has 1 aliphatic heterocycles. The average Bonchev–Trinajstić information content (AvgIpc) is 2.69. The number of nitrogens with one attached hydrogen (secondary N) is 1. The van der Waals surface area contributed by atoms with E-state index in [1.54, 1.807) is 6.92 Å². The second-order valence-electron chi connectivity index (χ2n) is 6.67. The predicted octanol–water partition coefficient (Wildman–Crippen LogP) is 3.12. The van der Waals surface area contributed by atoms with Crippen molar-refractivity contribution in [3.63, 3.8) is 0 Å². The lowest BCUT2D eigenvalue weighted by Gasteiger charge is -2.26. The number of unbranched alkanes of at least 4 members (excludes halogenated alkanes) is 1. The fourth-order valence-corrected chi connectivity index (χ4v) is 3.33. The molecule has 0 spiro atoms. The number of nitrogens with zero attached hydrogens (tertiary/aromatic N) is 1. The van der Waals surface area contributed by atoms with Crippen LogP contribution in [0.1, 0.15) is 65.7 Å². The lowest BCUT2D eigenvalue weighted by molar-refractivity contribution is -0.144. The quantitative estimate of drug-likeness (QED) is 0.642. The molecular formula is C17H34N2O2. The maximum absolute atomic E-state index is 11.3. The molecule has 0 aliphatic carbocycles. The van der Waals surface area contributed by atoms with Gasteiger partial charge in [-0.05, 0) is 77.5 Å². The summed E-state index contributed by atoms with van der Waals surface area (Å²) in [5.41, 5.74) is -0.763. The van der Waals surface area contributed by atoms with Gasteiger partial charge in [-0.25, -0.2) is 0 Å². The van der Waals surface area contributed by atoms with E-state index in [1.165, 1.54) is 38.8 Å². The Morgan fingerprint density at radius 2 is 2.05 bits per heavy atom. The van der Waals surface area contributed by atoms with E-state index >= 15 is 0 Å². The summed E-state index contributed by atoms with van der Waals surface area (Å²) in [6.07, 6.45) is 8.14. The molecule has 1 saturated heterocycles. The van der Waals surface area contributed by atoms with E-state index < -0.39 is 11.5 Å². The SMILES string of the molecule is CCNC(C)(CCCCN1CCCC(CC)CC1)C(=O)O. The number of hydrogen-bond donors (Lipinski definition) is 2. The molecule has 21 heavy (non-hydrogen) atoms. The minimum atomic E-state index is -0.763. The average molecular weight is 298 g/mol. The van der Waals surface area contributed by atoms with Gasteiger partial charge in [-0.1, -0.05) is 20.3 Å². The Hall–Kier alpha value is -0.610. The molecule has 2 unspecified atom stereocenters. The van der Waals surface area contributed by atoms with Gasteiger partial charge in [-0.15, -0.1) is 0 Å². The number of likely N-dealkylation sites (tertiary alicyclic amines) is 1. The summed E-state index contributed by atoms with van der Waals surface area (Å²) in [5.74, 6) is 0.184. The van der Waals surface area contributed by atoms with E-state index in [0.717, 1.165) is 25.3 Å². The summed E-state index contributed by atoms with van der Waals surface area (Å²) in [7, 11) is 0. The molecule has 2 atom stereocenters. The first-order valence-corrected chi connectivity index (χ1v) is 8.72. The van der Waals surface area contributed by atoms with Gasteiger partial charge in [-0.3, -0.25) is 4.79 Å². The van der Waals surface area contributed by atoms with Crippen LogP contribution in [0, 0.1) is 5.92 Å². The highest BCUT2D eigenvalue weighted by molar-refractivity contribution is 5.78. The standard InChI is InChI=1S/C17H34N2O2/c1-4-15-9-8-13-19(14-10-15)12-7-6-11-17(3,16(20)21)18-5-2/h15,18H,4-14H2,1-3H3,(H,20,21). The third-order valence-electron chi connectivity index (χ3n) is 4.96. The molecule has 0 amide bonds. The monoisotopic (exact) mass is 298 g/mol. The minimum Gasteiger partial charge on any atom is -0.480 e. The van der Waals surface area contributed by atoms with Crippen molar-refractivity contribution in [2.24, 2.45) is 5.92 Å². The highest BCUT2D eigenvalue weighted by Crippen LogP contribution is 2.21. The van der Waals surface area contributed by atoms with Crippen LogP contribution in [0.2, 0.25) is 0 Å². The second kappa shape index (κ2) is 9.42. The smallest absolute Gasteiger partial charge is 0.323 e. The summed E-state index contributed by atoms with van der Waals surface area (Å²) in [4.78, 5) is 13.9. The van der Waals surface area contributed by atoms with E-state index in [0.29, 0.717) is 13.0 Å². The van der Waals surface area contributed by atoms with Crippen molar-refractivity contribution in [2.75, 3.05) is 26.2 Å². The van der Waals surface area contributed by atoms with Gasteiger partial charge in [-0.2, -0.15) is 0 Å². The molecule has 0 aromatic heterocycles. The molecule has 0 aromatic carbocycles. The highest BCUT2D eigenvalue weighted by atomic mass is 16.4. The molecule has 0 saturated carbocycles. The van der Waals surface area contributed by atoms with Gasteiger partial charge in [0, 0.05) is 0 Å². The summed E-state index contributed by atoms with van der Waals surface area (Å²) < 4.78 is 0. The summed E-state index contributed by atoms with van der Waals surface area (Å²) >= 11 is 0. The third kappa shape index (κ3) is 6.35. The van der Waals surface area contributed by atoms with Crippen LogP contribution >= 0.6 is 0 Å². The highest BCUT2D eigenvalue weighted by Gasteiger charge is 2.31. The summed E-state index contributed by atoms with van der Waals surface area (Å²) in [6, 6.07) is 0. The molecule has 1 aliphatic rings. The van der Waals surface area contributed by atoms with Gasteiger partial charge in [0.15, 0.2) is 0 Å². The van der Waals surface area contributed by atoms with Crippen molar-refractivity contribution >= 4 is 5.97 Å². The first-order valence-electron chi connectivity index (χ1n) is 8.72. The number of carboxylic acids is 1. The Kier molecular flexibility index (Phi) is 8.27. The minimum absolute atomic E-state index is 0.702. The van der Waals surface area contributed by atoms with Gasteiger partial charge in [0.2, 0.25) is 0 Å². The van der Waals surface area contributed by atoms with Crippen LogP contribution in [0.15, 0.2) is 0 Å². The zero-order valence-corrected chi connectivity index (χ0v) is 14.2. The third-order valence-corrected chi connectivity index (χ3v) is 4.96. The number of carboxylic acid groups (broad SMARTS) is 1. The molecule has 4 heteroatoms. The molecule has 2 N–H and O–H groups in total. The van der Waals surface area contributed by atoms with Crippen LogP contribution < -0.4 is 5.32 Å². The fourth-order valence-electron chi connectivity index (χ4n) is 3.33. The Balaban J connectivity index is 2.25. The summed E-state index contributed by atoms with van der Waals surface area (Å²) in [6.45, 7) is 10.3. The molecular weight excluding hydrogens is 264 g/mol. The topological polar surface area (TPSA) is 52.6 Å². The van der Waals surface area contributed by atoms with Crippen LogP contribution in [-0.2, 0) is 4.79 Å². The van der Waals surface area contributed by atoms with E-state index in [9.17, 15) is 9.90 Å². The lowest BCUT2D eigenvalue weighted by Crippen LogP contribution is -2.49. The van der Waals surface area contributed by atoms with Gasteiger partial charge in [0.25, 0.3) is 0 Å². The number of aliphatic carboxylic acids is 1. The van der Waals surface area contributed by atoms with Crippen LogP contribution in [0.25, 0.3) is 0 Å². The van der Waals surface area contributed by atoms with E-state index in [-0.39, 0.29) is 0 Å². The normalized spacial score (nSPS) is 23.5. The van der Waals surface area contributed by atoms with Crippen LogP contribution in [0.3, 0.4) is 0 Å². The fraction of sp³-hybridized carbons (Fsp3) is 0.941. The zero-order valence-electron chi connectivity index (χ0n) is 14.2. The first kappa shape index (κ1) is 18.4. The van der Waals surface area contributed by atoms with Crippen LogP contribution in [0.4, 0.5) is 0 Å². The zero-order chi connectivity index (χ0) is 15.7. The Morgan fingerprint density at radius 1 is 1.29 bits per heavy atom. The molecule has 0 bridgehead atoms. The number of hydrogen-bond acceptors (Lipinski definition) is 3. The summed E-state index contributed by atoms with van der Waals surface area (Å²) in [5, 5.41) is 12.4. The second-order valence-corrected chi connectivity index (χ2v) is 6.67. The molecule has 1 fully saturated rings. The van der Waals surface area contributed by atoms with Gasteiger partial charge in [0.05, 0.1) is 0 Å². The van der Waals surface area contributed by atoms with E-state index in [1.807, 2.05) is 6.92 Å². The van der Waals surface area contributed by atoms with Crippen molar-refractivity contribution in [3.05, 3.63) is 0 Å². The Bertz CT molecular complexity index is 309.